The highest BCUT2D eigenvalue weighted by molar-refractivity contribution is 5.84. The van der Waals surface area contributed by atoms with Gasteiger partial charge in [-0.1, -0.05) is 18.2 Å². The molecule has 0 fully saturated rings. The van der Waals surface area contributed by atoms with Crippen LogP contribution in [0.15, 0.2) is 60.9 Å². The van der Waals surface area contributed by atoms with Crippen LogP contribution in [0, 0.1) is 0 Å². The molecule has 1 heterocycles. The normalized spacial score (nSPS) is 11.0. The van der Waals surface area contributed by atoms with Crippen molar-refractivity contribution in [3.8, 4) is 11.5 Å². The third-order valence-corrected chi connectivity index (χ3v) is 4.01. The van der Waals surface area contributed by atoms with Crippen molar-refractivity contribution >= 4 is 10.8 Å². The Morgan fingerprint density at radius 1 is 1.00 bits per heavy atom. The van der Waals surface area contributed by atoms with Gasteiger partial charge in [-0.05, 0) is 48.3 Å². The van der Waals surface area contributed by atoms with Crippen LogP contribution in [0.5, 0.6) is 11.5 Å². The van der Waals surface area contributed by atoms with Crippen LogP contribution < -0.4 is 9.47 Å². The van der Waals surface area contributed by atoms with Crippen molar-refractivity contribution in [3.05, 3.63) is 66.5 Å². The fourth-order valence-electron chi connectivity index (χ4n) is 2.69. The molecule has 0 aliphatic carbocycles. The molecule has 3 aromatic rings. The predicted octanol–water partition coefficient (Wildman–Crippen LogP) is 3.75. The van der Waals surface area contributed by atoms with Gasteiger partial charge in [-0.15, -0.1) is 0 Å². The van der Waals surface area contributed by atoms with E-state index in [1.54, 1.807) is 7.11 Å². The van der Waals surface area contributed by atoms with Crippen molar-refractivity contribution in [2.24, 2.45) is 0 Å². The summed E-state index contributed by atoms with van der Waals surface area (Å²) in [5.41, 5.74) is 1.31. The number of hydrogen-bond donors (Lipinski definition) is 0. The summed E-state index contributed by atoms with van der Waals surface area (Å²) in [7, 11) is 3.77. The van der Waals surface area contributed by atoms with Crippen LogP contribution >= 0.6 is 0 Å². The molecule has 3 rings (SSSR count). The molecule has 0 spiro atoms. The van der Waals surface area contributed by atoms with Gasteiger partial charge in [0.15, 0.2) is 0 Å². The van der Waals surface area contributed by atoms with Crippen LogP contribution in [-0.4, -0.2) is 37.2 Å². The van der Waals surface area contributed by atoms with Crippen LogP contribution in [0.3, 0.4) is 0 Å². The molecule has 0 N–H and O–H groups in total. The maximum atomic E-state index is 5.79. The monoisotopic (exact) mass is 322 g/mol. The highest BCUT2D eigenvalue weighted by Gasteiger charge is 2.05. The van der Waals surface area contributed by atoms with Gasteiger partial charge in [0, 0.05) is 30.9 Å². The molecule has 124 valence electrons. The molecule has 24 heavy (non-hydrogen) atoms. The van der Waals surface area contributed by atoms with E-state index in [0.717, 1.165) is 24.6 Å². The summed E-state index contributed by atoms with van der Waals surface area (Å²) < 4.78 is 10.9. The SMILES string of the molecule is COc1ccc(OCCN(C)Cc2cccc3cnccc23)cc1. The third kappa shape index (κ3) is 4.03. The number of hydrogen-bond acceptors (Lipinski definition) is 4. The Balaban J connectivity index is 1.54. The Labute approximate surface area is 142 Å². The van der Waals surface area contributed by atoms with E-state index in [9.17, 15) is 0 Å². The maximum Gasteiger partial charge on any atom is 0.119 e. The van der Waals surface area contributed by atoms with Crippen LogP contribution in [0.25, 0.3) is 10.8 Å². The van der Waals surface area contributed by atoms with E-state index in [-0.39, 0.29) is 0 Å². The molecule has 0 amide bonds. The van der Waals surface area contributed by atoms with Crippen molar-refractivity contribution in [2.45, 2.75) is 6.54 Å². The van der Waals surface area contributed by atoms with Crippen molar-refractivity contribution in [1.82, 2.24) is 9.88 Å². The van der Waals surface area contributed by atoms with Crippen molar-refractivity contribution in [1.29, 1.82) is 0 Å². The number of methoxy groups -OCH3 is 1. The Morgan fingerprint density at radius 2 is 1.79 bits per heavy atom. The number of aromatic nitrogens is 1. The van der Waals surface area contributed by atoms with Gasteiger partial charge in [-0.2, -0.15) is 0 Å². The minimum Gasteiger partial charge on any atom is -0.497 e. The first-order valence-electron chi connectivity index (χ1n) is 8.03. The first-order chi connectivity index (χ1) is 11.8. The van der Waals surface area contributed by atoms with Gasteiger partial charge < -0.3 is 9.47 Å². The lowest BCUT2D eigenvalue weighted by atomic mass is 10.1. The smallest absolute Gasteiger partial charge is 0.119 e. The molecule has 0 saturated heterocycles. The van der Waals surface area contributed by atoms with Crippen LogP contribution in [0.4, 0.5) is 0 Å². The number of rotatable bonds is 7. The number of pyridine rings is 1. The fourth-order valence-corrected chi connectivity index (χ4v) is 2.69. The standard InChI is InChI=1S/C20H22N2O2/c1-22(12-13-24-19-8-6-18(23-2)7-9-19)15-17-5-3-4-16-14-21-11-10-20(16)17/h3-11,14H,12-13,15H2,1-2H3. The molecule has 0 aliphatic rings. The minimum absolute atomic E-state index is 0.648. The molecule has 4 heteroatoms. The first kappa shape index (κ1) is 16.3. The van der Waals surface area contributed by atoms with E-state index in [1.807, 2.05) is 36.7 Å². The molecular formula is C20H22N2O2. The Hall–Kier alpha value is -2.59. The third-order valence-electron chi connectivity index (χ3n) is 4.01. The molecule has 2 aromatic carbocycles. The molecule has 0 radical (unpaired) electrons. The number of fused-ring (bicyclic) bond motifs is 1. The lowest BCUT2D eigenvalue weighted by Crippen LogP contribution is -2.24. The molecular weight excluding hydrogens is 300 g/mol. The minimum atomic E-state index is 0.648. The van der Waals surface area contributed by atoms with Gasteiger partial charge in [-0.25, -0.2) is 0 Å². The summed E-state index contributed by atoms with van der Waals surface area (Å²) in [4.78, 5) is 6.45. The second-order valence-electron chi connectivity index (χ2n) is 5.78. The molecule has 0 saturated carbocycles. The predicted molar refractivity (Wildman–Crippen MR) is 96.6 cm³/mol. The number of benzene rings is 2. The second-order valence-corrected chi connectivity index (χ2v) is 5.78. The number of ether oxygens (including phenoxy) is 2. The van der Waals surface area contributed by atoms with Gasteiger partial charge in [0.2, 0.25) is 0 Å². The quantitative estimate of drug-likeness (QED) is 0.663. The summed E-state index contributed by atoms with van der Waals surface area (Å²) in [5, 5.41) is 2.44. The lowest BCUT2D eigenvalue weighted by Gasteiger charge is -2.18. The fraction of sp³-hybridized carbons (Fsp3) is 0.250. The highest BCUT2D eigenvalue weighted by Crippen LogP contribution is 2.19. The van der Waals surface area contributed by atoms with E-state index in [4.69, 9.17) is 9.47 Å². The first-order valence-corrected chi connectivity index (χ1v) is 8.03. The zero-order chi connectivity index (χ0) is 16.8. The highest BCUT2D eigenvalue weighted by atomic mass is 16.5. The van der Waals surface area contributed by atoms with Gasteiger partial charge in [0.25, 0.3) is 0 Å². The molecule has 0 unspecified atom stereocenters. The summed E-state index contributed by atoms with van der Waals surface area (Å²) >= 11 is 0. The Bertz CT molecular complexity index is 782. The van der Waals surface area contributed by atoms with Gasteiger partial charge in [0.1, 0.15) is 18.1 Å². The second kappa shape index (κ2) is 7.79. The summed E-state index contributed by atoms with van der Waals surface area (Å²) in [5.74, 6) is 1.70. The van der Waals surface area contributed by atoms with Crippen LogP contribution in [-0.2, 0) is 6.54 Å². The van der Waals surface area contributed by atoms with Crippen molar-refractivity contribution < 1.29 is 9.47 Å². The van der Waals surface area contributed by atoms with Crippen molar-refractivity contribution in [3.63, 3.8) is 0 Å². The number of nitrogens with zero attached hydrogens (tertiary/aromatic N) is 2. The largest absolute Gasteiger partial charge is 0.497 e. The lowest BCUT2D eigenvalue weighted by molar-refractivity contribution is 0.233. The molecule has 4 nitrogen and oxygen atoms in total. The average molecular weight is 322 g/mol. The van der Waals surface area contributed by atoms with Crippen LogP contribution in [0.2, 0.25) is 0 Å². The number of likely N-dealkylation sites (N-methyl/N-ethyl adjacent to an activating group) is 1. The van der Waals surface area contributed by atoms with Crippen molar-refractivity contribution in [2.75, 3.05) is 27.3 Å². The van der Waals surface area contributed by atoms with E-state index in [1.165, 1.54) is 16.3 Å². The summed E-state index contributed by atoms with van der Waals surface area (Å²) in [6.45, 7) is 2.38. The van der Waals surface area contributed by atoms with E-state index in [0.29, 0.717) is 6.61 Å². The van der Waals surface area contributed by atoms with E-state index in [2.05, 4.69) is 41.2 Å². The zero-order valence-corrected chi connectivity index (χ0v) is 14.1. The van der Waals surface area contributed by atoms with Gasteiger partial charge >= 0.3 is 0 Å². The molecule has 1 aromatic heterocycles. The molecule has 0 aliphatic heterocycles. The van der Waals surface area contributed by atoms with E-state index < -0.39 is 0 Å². The van der Waals surface area contributed by atoms with Gasteiger partial charge in [0.05, 0.1) is 7.11 Å². The molecule has 0 bridgehead atoms. The van der Waals surface area contributed by atoms with Gasteiger partial charge in [-0.3, -0.25) is 9.88 Å². The molecule has 0 atom stereocenters. The van der Waals surface area contributed by atoms with Crippen LogP contribution in [0.1, 0.15) is 5.56 Å². The summed E-state index contributed by atoms with van der Waals surface area (Å²) in [6.07, 6.45) is 3.75. The Kier molecular flexibility index (Phi) is 5.29. The van der Waals surface area contributed by atoms with E-state index >= 15 is 0 Å². The maximum absolute atomic E-state index is 5.79. The average Bonchev–Trinajstić information content (AvgIpc) is 2.63. The zero-order valence-electron chi connectivity index (χ0n) is 14.1. The summed E-state index contributed by atoms with van der Waals surface area (Å²) in [6, 6.07) is 16.1. The Morgan fingerprint density at radius 3 is 2.58 bits per heavy atom. The topological polar surface area (TPSA) is 34.6 Å².